The Balaban J connectivity index is 1.57. The zero-order valence-corrected chi connectivity index (χ0v) is 20.4. The summed E-state index contributed by atoms with van der Waals surface area (Å²) >= 11 is 0. The van der Waals surface area contributed by atoms with E-state index < -0.39 is 107 Å². The van der Waals surface area contributed by atoms with Crippen LogP contribution in [0.25, 0.3) is 87.5 Å². The van der Waals surface area contributed by atoms with Gasteiger partial charge in [0.25, 0.3) is 0 Å². The SMILES string of the molecule is [2H]c1c([2H])c([2H])c2c(-c3c4c([2H])c([2H])c([2H])c([2H])c4c(-c4ccc5c(c4)oc4cc6occc6cc45)c4c([2H])c([2H])c([2H])c([2H])c34)c([2H])c([2H])c([2H])c2c1[2H]. The molecule has 0 fully saturated rings. The first kappa shape index (κ1) is 11.8. The highest BCUT2D eigenvalue weighted by Crippen LogP contribution is 2.46. The topological polar surface area (TPSA) is 26.3 Å². The summed E-state index contributed by atoms with van der Waals surface area (Å²) in [6.45, 7) is 0. The summed E-state index contributed by atoms with van der Waals surface area (Å²) in [7, 11) is 0. The molecule has 9 aromatic rings. The molecule has 2 nitrogen and oxygen atoms in total. The predicted octanol–water partition coefficient (Wildman–Crippen LogP) is 11.1. The average Bonchev–Trinajstić information content (AvgIpc) is 3.79. The molecule has 2 heterocycles. The van der Waals surface area contributed by atoms with Crippen molar-refractivity contribution in [3.8, 4) is 22.3 Å². The Hall–Kier alpha value is -5.34. The monoisotopic (exact) mass is 525 g/mol. The van der Waals surface area contributed by atoms with Crippen LogP contribution in [0.4, 0.5) is 0 Å². The van der Waals surface area contributed by atoms with E-state index in [2.05, 4.69) is 0 Å². The van der Waals surface area contributed by atoms with E-state index in [9.17, 15) is 6.85 Å². The van der Waals surface area contributed by atoms with Crippen LogP contribution >= 0.6 is 0 Å². The van der Waals surface area contributed by atoms with Crippen molar-refractivity contribution in [1.29, 1.82) is 0 Å². The minimum atomic E-state index is -0.762. The molecule has 0 aliphatic heterocycles. The molecule has 0 aliphatic rings. The molecule has 40 heavy (non-hydrogen) atoms. The highest BCUT2D eigenvalue weighted by Gasteiger charge is 2.19. The standard InChI is InChI=1S/C38H22O2/c1-2-10-26-23(8-1)9-7-15-28(26)38-31-13-5-3-11-29(31)37(30-12-4-6-14-32(30)38)25-16-17-27-33-20-24-18-19-39-34(24)22-36(33)40-35(27)21-25/h1-22H/i1D,2D,3D,4D,5D,6D,7D,8D,9D,10D,11D,12D,13D,14D,15D. The molecule has 7 aromatic carbocycles. The molecule has 0 atom stereocenters. The summed E-state index contributed by atoms with van der Waals surface area (Å²) in [5.74, 6) is 0. The van der Waals surface area contributed by atoms with Gasteiger partial charge in [0.1, 0.15) is 16.7 Å². The normalized spacial score (nSPS) is 17.2. The van der Waals surface area contributed by atoms with Crippen LogP contribution in [0, 0.1) is 0 Å². The van der Waals surface area contributed by atoms with Gasteiger partial charge in [-0.3, -0.25) is 0 Å². The molecule has 2 aromatic heterocycles. The van der Waals surface area contributed by atoms with Crippen LogP contribution in [0.15, 0.2) is 142 Å². The van der Waals surface area contributed by atoms with Crippen molar-refractivity contribution in [2.45, 2.75) is 0 Å². The quantitative estimate of drug-likeness (QED) is 0.210. The highest BCUT2D eigenvalue weighted by atomic mass is 16.3. The van der Waals surface area contributed by atoms with Gasteiger partial charge in [-0.05, 0) is 78.8 Å². The van der Waals surface area contributed by atoms with Crippen LogP contribution in [0.5, 0.6) is 0 Å². The molecule has 9 rings (SSSR count). The second-order valence-corrected chi connectivity index (χ2v) is 9.37. The first-order valence-corrected chi connectivity index (χ1v) is 12.4. The minimum absolute atomic E-state index is 0.00943. The van der Waals surface area contributed by atoms with Crippen LogP contribution in [0.3, 0.4) is 0 Å². The van der Waals surface area contributed by atoms with Gasteiger partial charge in [-0.2, -0.15) is 0 Å². The van der Waals surface area contributed by atoms with Gasteiger partial charge >= 0.3 is 0 Å². The van der Waals surface area contributed by atoms with Crippen molar-refractivity contribution < 1.29 is 29.4 Å². The summed E-state index contributed by atoms with van der Waals surface area (Å²) in [5.41, 5.74) is 0.869. The van der Waals surface area contributed by atoms with E-state index in [4.69, 9.17) is 22.5 Å². The number of benzene rings is 7. The van der Waals surface area contributed by atoms with E-state index in [1.54, 1.807) is 36.6 Å². The maximum Gasteiger partial charge on any atom is 0.139 e. The molecule has 0 N–H and O–H groups in total. The smallest absolute Gasteiger partial charge is 0.139 e. The largest absolute Gasteiger partial charge is 0.464 e. The van der Waals surface area contributed by atoms with Gasteiger partial charge in [-0.15, -0.1) is 0 Å². The van der Waals surface area contributed by atoms with E-state index in [-0.39, 0.29) is 38.2 Å². The molecule has 0 saturated heterocycles. The van der Waals surface area contributed by atoms with Gasteiger partial charge in [-0.1, -0.05) is 96.7 Å². The maximum atomic E-state index is 9.27. The van der Waals surface area contributed by atoms with Crippen molar-refractivity contribution in [1.82, 2.24) is 0 Å². The molecular formula is C38H22O2. The number of hydrogen-bond donors (Lipinski definition) is 0. The van der Waals surface area contributed by atoms with Crippen LogP contribution in [0.1, 0.15) is 20.6 Å². The lowest BCUT2D eigenvalue weighted by molar-refractivity contribution is 0.613. The molecule has 0 spiro atoms. The Bertz CT molecular complexity index is 3180. The van der Waals surface area contributed by atoms with Crippen molar-refractivity contribution >= 4 is 65.2 Å². The maximum absolute atomic E-state index is 9.27. The second-order valence-electron chi connectivity index (χ2n) is 9.37. The summed E-state index contributed by atoms with van der Waals surface area (Å²) in [4.78, 5) is 0. The third-order valence-corrected chi connectivity index (χ3v) is 7.27. The first-order chi connectivity index (χ1) is 26.1. The van der Waals surface area contributed by atoms with Gasteiger partial charge < -0.3 is 8.83 Å². The summed E-state index contributed by atoms with van der Waals surface area (Å²) in [6.07, 6.45) is 1.56. The Morgan fingerprint density at radius 1 is 0.450 bits per heavy atom. The molecule has 0 bridgehead atoms. The highest BCUT2D eigenvalue weighted by molar-refractivity contribution is 6.24. The van der Waals surface area contributed by atoms with Gasteiger partial charge in [0.15, 0.2) is 0 Å². The average molecular weight is 526 g/mol. The number of fused-ring (bicyclic) bond motifs is 7. The lowest BCUT2D eigenvalue weighted by Gasteiger charge is -2.18. The fourth-order valence-electron chi connectivity index (χ4n) is 5.55. The molecule has 2 heteroatoms. The molecule has 0 unspecified atom stereocenters. The van der Waals surface area contributed by atoms with Gasteiger partial charge in [0, 0.05) is 22.2 Å². The molecule has 0 radical (unpaired) electrons. The van der Waals surface area contributed by atoms with E-state index in [1.807, 2.05) is 6.07 Å². The van der Waals surface area contributed by atoms with Crippen molar-refractivity contribution in [2.75, 3.05) is 0 Å². The zero-order chi connectivity index (χ0) is 39.3. The Morgan fingerprint density at radius 3 is 1.88 bits per heavy atom. The molecule has 0 aliphatic carbocycles. The number of rotatable bonds is 2. The first-order valence-electron chi connectivity index (χ1n) is 19.9. The fraction of sp³-hybridized carbons (Fsp3) is 0. The van der Waals surface area contributed by atoms with Crippen molar-refractivity contribution in [3.05, 3.63) is 133 Å². The van der Waals surface area contributed by atoms with Gasteiger partial charge in [0.2, 0.25) is 0 Å². The molecule has 0 amide bonds. The Morgan fingerprint density at radius 2 is 1.10 bits per heavy atom. The molecule has 0 saturated carbocycles. The Labute approximate surface area is 250 Å². The zero-order valence-electron chi connectivity index (χ0n) is 35.4. The number of hydrogen-bond acceptors (Lipinski definition) is 2. The van der Waals surface area contributed by atoms with Crippen LogP contribution < -0.4 is 0 Å². The minimum Gasteiger partial charge on any atom is -0.464 e. The van der Waals surface area contributed by atoms with Crippen molar-refractivity contribution in [2.24, 2.45) is 0 Å². The fourth-order valence-corrected chi connectivity index (χ4v) is 5.55. The second kappa shape index (κ2) is 8.08. The third kappa shape index (κ3) is 2.99. The van der Waals surface area contributed by atoms with Gasteiger partial charge in [0.05, 0.1) is 26.8 Å². The predicted molar refractivity (Wildman–Crippen MR) is 167 cm³/mol. The van der Waals surface area contributed by atoms with Crippen molar-refractivity contribution in [3.63, 3.8) is 0 Å². The molecule has 186 valence electrons. The van der Waals surface area contributed by atoms with Crippen LogP contribution in [-0.4, -0.2) is 0 Å². The van der Waals surface area contributed by atoms with Crippen LogP contribution in [0.2, 0.25) is 0 Å². The summed E-state index contributed by atoms with van der Waals surface area (Å²) < 4.78 is 145. The van der Waals surface area contributed by atoms with Crippen LogP contribution in [-0.2, 0) is 0 Å². The third-order valence-electron chi connectivity index (χ3n) is 7.27. The van der Waals surface area contributed by atoms with E-state index in [0.717, 1.165) is 10.8 Å². The lowest BCUT2D eigenvalue weighted by atomic mass is 9.84. The Kier molecular flexibility index (Phi) is 2.39. The van der Waals surface area contributed by atoms with Gasteiger partial charge in [-0.25, -0.2) is 0 Å². The summed E-state index contributed by atoms with van der Waals surface area (Å²) in [6, 6.07) is 0.102. The molecular weight excluding hydrogens is 488 g/mol. The lowest BCUT2D eigenvalue weighted by Crippen LogP contribution is -1.91. The summed E-state index contributed by atoms with van der Waals surface area (Å²) in [5, 5.41) is 0.382. The number of furan rings is 2. The van der Waals surface area contributed by atoms with E-state index >= 15 is 0 Å². The van der Waals surface area contributed by atoms with E-state index in [1.165, 1.54) is 0 Å². The van der Waals surface area contributed by atoms with E-state index in [0.29, 0.717) is 22.1 Å².